The first kappa shape index (κ1) is 17.5. The first-order valence-electron chi connectivity index (χ1n) is 6.73. The van der Waals surface area contributed by atoms with Crippen molar-refractivity contribution in [3.8, 4) is 5.75 Å². The highest BCUT2D eigenvalue weighted by atomic mass is 35.5. The van der Waals surface area contributed by atoms with E-state index in [1.54, 1.807) is 18.2 Å². The highest BCUT2D eigenvalue weighted by molar-refractivity contribution is 7.89. The summed E-state index contributed by atoms with van der Waals surface area (Å²) in [5.74, 6) is -0.260. The average molecular weight is 354 g/mol. The molecule has 0 radical (unpaired) electrons. The van der Waals surface area contributed by atoms with Crippen LogP contribution >= 0.6 is 11.6 Å². The largest absolute Gasteiger partial charge is 0.423 e. The van der Waals surface area contributed by atoms with Crippen LogP contribution in [0.5, 0.6) is 5.75 Å². The van der Waals surface area contributed by atoms with Gasteiger partial charge < -0.3 is 4.74 Å². The van der Waals surface area contributed by atoms with Crippen LogP contribution in [0.4, 0.5) is 0 Å². The van der Waals surface area contributed by atoms with Gasteiger partial charge in [-0.05, 0) is 42.8 Å². The zero-order chi connectivity index (χ0) is 17.2. The number of hydrogen-bond donors (Lipinski definition) is 0. The zero-order valence-corrected chi connectivity index (χ0v) is 14.5. The van der Waals surface area contributed by atoms with Crippen LogP contribution in [-0.4, -0.2) is 32.8 Å². The number of rotatable bonds is 4. The molecule has 0 saturated heterocycles. The van der Waals surface area contributed by atoms with Gasteiger partial charge in [-0.2, -0.15) is 0 Å². The van der Waals surface area contributed by atoms with Gasteiger partial charge in [0.05, 0.1) is 10.6 Å². The van der Waals surface area contributed by atoms with Gasteiger partial charge in [0.15, 0.2) is 0 Å². The molecule has 2 aromatic carbocycles. The lowest BCUT2D eigenvalue weighted by Crippen LogP contribution is -2.23. The van der Waals surface area contributed by atoms with Crippen molar-refractivity contribution in [3.05, 3.63) is 58.6 Å². The molecule has 0 saturated carbocycles. The molecule has 0 fully saturated rings. The summed E-state index contributed by atoms with van der Waals surface area (Å²) in [6.07, 6.45) is 0. The summed E-state index contributed by atoms with van der Waals surface area (Å²) in [5.41, 5.74) is 1.05. The van der Waals surface area contributed by atoms with Gasteiger partial charge in [0.2, 0.25) is 10.0 Å². The van der Waals surface area contributed by atoms with Gasteiger partial charge in [0.25, 0.3) is 0 Å². The van der Waals surface area contributed by atoms with Crippen LogP contribution in [-0.2, 0) is 10.0 Å². The summed E-state index contributed by atoms with van der Waals surface area (Å²) in [6, 6.07) is 11.0. The maximum absolute atomic E-state index is 12.2. The predicted octanol–water partition coefficient (Wildman–Crippen LogP) is 3.12. The molecule has 0 spiro atoms. The molecule has 0 N–H and O–H groups in total. The molecule has 0 bridgehead atoms. The Morgan fingerprint density at radius 1 is 1.13 bits per heavy atom. The van der Waals surface area contributed by atoms with Crippen LogP contribution in [0.25, 0.3) is 0 Å². The van der Waals surface area contributed by atoms with Crippen LogP contribution in [0.3, 0.4) is 0 Å². The van der Waals surface area contributed by atoms with Crippen molar-refractivity contribution in [1.82, 2.24) is 4.31 Å². The molecule has 0 unspecified atom stereocenters. The van der Waals surface area contributed by atoms with Crippen molar-refractivity contribution < 1.29 is 17.9 Å². The van der Waals surface area contributed by atoms with E-state index in [0.29, 0.717) is 5.75 Å². The molecular weight excluding hydrogens is 338 g/mol. The second-order valence-electron chi connectivity index (χ2n) is 5.14. The number of sulfonamides is 1. The predicted molar refractivity (Wildman–Crippen MR) is 88.5 cm³/mol. The van der Waals surface area contributed by atoms with Crippen LogP contribution in [0.2, 0.25) is 5.02 Å². The van der Waals surface area contributed by atoms with E-state index in [9.17, 15) is 13.2 Å². The van der Waals surface area contributed by atoms with E-state index in [1.807, 2.05) is 13.0 Å². The van der Waals surface area contributed by atoms with Crippen LogP contribution in [0, 0.1) is 6.92 Å². The number of ether oxygens (including phenoxy) is 1. The Labute approximate surface area is 140 Å². The maximum Gasteiger partial charge on any atom is 0.343 e. The van der Waals surface area contributed by atoms with Crippen LogP contribution in [0.1, 0.15) is 15.9 Å². The highest BCUT2D eigenvalue weighted by Gasteiger charge is 2.23. The van der Waals surface area contributed by atoms with E-state index in [1.165, 1.54) is 32.3 Å². The standard InChI is InChI=1S/C16H16ClNO4S/c1-11-5-4-6-13(9-11)22-16(19)12-7-8-14(17)15(10-12)23(20,21)18(2)3/h4-10H,1-3H3. The lowest BCUT2D eigenvalue weighted by molar-refractivity contribution is 0.0734. The van der Waals surface area contributed by atoms with Gasteiger partial charge in [-0.1, -0.05) is 23.7 Å². The third-order valence-corrected chi connectivity index (χ3v) is 5.42. The van der Waals surface area contributed by atoms with Gasteiger partial charge in [0.1, 0.15) is 10.6 Å². The normalized spacial score (nSPS) is 11.5. The Kier molecular flexibility index (Phi) is 5.09. The number of carbonyl (C=O) groups excluding carboxylic acids is 1. The molecule has 2 aromatic rings. The molecular formula is C16H16ClNO4S. The third-order valence-electron chi connectivity index (χ3n) is 3.13. The minimum atomic E-state index is -3.75. The fourth-order valence-electron chi connectivity index (χ4n) is 1.87. The Hall–Kier alpha value is -1.89. The number of hydrogen-bond acceptors (Lipinski definition) is 4. The summed E-state index contributed by atoms with van der Waals surface area (Å²) >= 11 is 5.95. The fourth-order valence-corrected chi connectivity index (χ4v) is 3.26. The number of halogens is 1. The van der Waals surface area contributed by atoms with E-state index in [0.717, 1.165) is 9.87 Å². The van der Waals surface area contributed by atoms with E-state index in [2.05, 4.69) is 0 Å². The molecule has 0 aliphatic heterocycles. The average Bonchev–Trinajstić information content (AvgIpc) is 2.47. The number of nitrogens with zero attached hydrogens (tertiary/aromatic N) is 1. The SMILES string of the molecule is Cc1cccc(OC(=O)c2ccc(Cl)c(S(=O)(=O)N(C)C)c2)c1. The van der Waals surface area contributed by atoms with Gasteiger partial charge in [-0.25, -0.2) is 17.5 Å². The first-order valence-corrected chi connectivity index (χ1v) is 8.54. The quantitative estimate of drug-likeness (QED) is 0.625. The minimum Gasteiger partial charge on any atom is -0.423 e. The monoisotopic (exact) mass is 353 g/mol. The van der Waals surface area contributed by atoms with Crippen LogP contribution < -0.4 is 4.74 Å². The zero-order valence-electron chi connectivity index (χ0n) is 12.9. The molecule has 0 atom stereocenters. The van der Waals surface area contributed by atoms with Crippen molar-refractivity contribution in [2.75, 3.05) is 14.1 Å². The van der Waals surface area contributed by atoms with Crippen molar-refractivity contribution >= 4 is 27.6 Å². The number of benzene rings is 2. The maximum atomic E-state index is 12.2. The Balaban J connectivity index is 2.36. The van der Waals surface area contributed by atoms with E-state index < -0.39 is 16.0 Å². The second kappa shape index (κ2) is 6.70. The summed E-state index contributed by atoms with van der Waals surface area (Å²) in [5, 5.41) is 0.0470. The molecule has 122 valence electrons. The fraction of sp³-hybridized carbons (Fsp3) is 0.188. The van der Waals surface area contributed by atoms with Gasteiger partial charge in [-0.15, -0.1) is 0 Å². The summed E-state index contributed by atoms with van der Waals surface area (Å²) in [6.45, 7) is 1.88. The number of esters is 1. The molecule has 0 aliphatic carbocycles. The minimum absolute atomic E-state index is 0.0470. The lowest BCUT2D eigenvalue weighted by Gasteiger charge is -2.13. The molecule has 7 heteroatoms. The smallest absolute Gasteiger partial charge is 0.343 e. The van der Waals surface area contributed by atoms with E-state index in [4.69, 9.17) is 16.3 Å². The summed E-state index contributed by atoms with van der Waals surface area (Å²) < 4.78 is 30.7. The van der Waals surface area contributed by atoms with Gasteiger partial charge in [-0.3, -0.25) is 0 Å². The Morgan fingerprint density at radius 2 is 1.83 bits per heavy atom. The van der Waals surface area contributed by atoms with E-state index in [-0.39, 0.29) is 15.5 Å². The molecule has 0 aliphatic rings. The Morgan fingerprint density at radius 3 is 2.43 bits per heavy atom. The number of carbonyl (C=O) groups is 1. The van der Waals surface area contributed by atoms with Gasteiger partial charge in [0, 0.05) is 14.1 Å². The Bertz CT molecular complexity index is 847. The molecule has 23 heavy (non-hydrogen) atoms. The van der Waals surface area contributed by atoms with Crippen molar-refractivity contribution in [1.29, 1.82) is 0 Å². The number of aryl methyl sites for hydroxylation is 1. The first-order chi connectivity index (χ1) is 10.7. The van der Waals surface area contributed by atoms with E-state index >= 15 is 0 Å². The molecule has 0 heterocycles. The van der Waals surface area contributed by atoms with Crippen molar-refractivity contribution in [2.24, 2.45) is 0 Å². The van der Waals surface area contributed by atoms with Crippen LogP contribution in [0.15, 0.2) is 47.4 Å². The third kappa shape index (κ3) is 3.90. The molecule has 0 aromatic heterocycles. The molecule has 0 amide bonds. The second-order valence-corrected chi connectivity index (χ2v) is 7.67. The molecule has 2 rings (SSSR count). The van der Waals surface area contributed by atoms with Crippen molar-refractivity contribution in [2.45, 2.75) is 11.8 Å². The summed E-state index contributed by atoms with van der Waals surface area (Å²) in [4.78, 5) is 12.1. The van der Waals surface area contributed by atoms with Gasteiger partial charge >= 0.3 is 5.97 Å². The lowest BCUT2D eigenvalue weighted by atomic mass is 10.2. The van der Waals surface area contributed by atoms with Crippen molar-refractivity contribution in [3.63, 3.8) is 0 Å². The summed E-state index contributed by atoms with van der Waals surface area (Å²) in [7, 11) is -0.965. The molecule has 5 nitrogen and oxygen atoms in total. The highest BCUT2D eigenvalue weighted by Crippen LogP contribution is 2.25. The topological polar surface area (TPSA) is 63.7 Å².